The fraction of sp³-hybridized carbons (Fsp3) is 0.682. The van der Waals surface area contributed by atoms with Gasteiger partial charge in [-0.1, -0.05) is 31.9 Å². The van der Waals surface area contributed by atoms with Crippen LogP contribution in [0, 0.1) is 17.8 Å². The molecule has 0 spiro atoms. The number of halogens is 3. The molecule has 0 aromatic heterocycles. The molecule has 2 aliphatic rings. The van der Waals surface area contributed by atoms with E-state index in [1.807, 2.05) is 0 Å². The number of carbonyl (C=O) groups is 1. The number of hydrogen-bond donors (Lipinski definition) is 2. The molecule has 156 valence electrons. The average molecular weight is 397 g/mol. The Morgan fingerprint density at radius 3 is 2.36 bits per heavy atom. The molecule has 1 aromatic carbocycles. The molecule has 6 heteroatoms. The van der Waals surface area contributed by atoms with Gasteiger partial charge in [-0.3, -0.25) is 4.79 Å². The number of benzene rings is 1. The molecule has 0 heterocycles. The first-order chi connectivity index (χ1) is 13.3. The number of rotatable bonds is 6. The Bertz CT molecular complexity index is 653. The molecule has 1 aromatic rings. The predicted molar refractivity (Wildman–Crippen MR) is 102 cm³/mol. The second-order valence-corrected chi connectivity index (χ2v) is 8.59. The van der Waals surface area contributed by atoms with Gasteiger partial charge in [-0.15, -0.1) is 0 Å². The zero-order chi connectivity index (χ0) is 20.3. The Balaban J connectivity index is 1.75. The van der Waals surface area contributed by atoms with Crippen LogP contribution in [0.15, 0.2) is 24.3 Å². The molecule has 0 aliphatic heterocycles. The number of carboxylic acid groups (broad SMARTS) is 1. The van der Waals surface area contributed by atoms with Gasteiger partial charge in [-0.2, -0.15) is 13.2 Å². The van der Waals surface area contributed by atoms with Crippen molar-refractivity contribution in [1.82, 2.24) is 5.32 Å². The minimum Gasteiger partial charge on any atom is -0.481 e. The van der Waals surface area contributed by atoms with E-state index >= 15 is 0 Å². The van der Waals surface area contributed by atoms with Crippen LogP contribution in [0.5, 0.6) is 0 Å². The van der Waals surface area contributed by atoms with Crippen LogP contribution < -0.4 is 5.32 Å². The molecular formula is C22H30F3NO2. The van der Waals surface area contributed by atoms with Gasteiger partial charge in [-0.25, -0.2) is 0 Å². The Labute approximate surface area is 164 Å². The summed E-state index contributed by atoms with van der Waals surface area (Å²) in [5.74, 6) is -0.455. The molecule has 0 amide bonds. The molecule has 4 atom stereocenters. The van der Waals surface area contributed by atoms with E-state index in [1.54, 1.807) is 19.1 Å². The van der Waals surface area contributed by atoms with Crippen LogP contribution in [0.4, 0.5) is 13.2 Å². The SMILES string of the molecule is CC(C(=O)O)[C@@H]1CC[C@@H](NCC2CCCC2)[C@H](c2ccc(C(F)(F)F)cc2)C1. The van der Waals surface area contributed by atoms with Crippen molar-refractivity contribution in [2.24, 2.45) is 17.8 Å². The molecule has 0 bridgehead atoms. The minimum absolute atomic E-state index is 0.0456. The first kappa shape index (κ1) is 21.2. The predicted octanol–water partition coefficient (Wildman–Crippen LogP) is 5.46. The summed E-state index contributed by atoms with van der Waals surface area (Å²) in [6, 6.07) is 5.63. The topological polar surface area (TPSA) is 49.3 Å². The van der Waals surface area contributed by atoms with Crippen LogP contribution >= 0.6 is 0 Å². The van der Waals surface area contributed by atoms with Crippen molar-refractivity contribution in [1.29, 1.82) is 0 Å². The maximum Gasteiger partial charge on any atom is 0.416 e. The largest absolute Gasteiger partial charge is 0.481 e. The minimum atomic E-state index is -4.34. The van der Waals surface area contributed by atoms with Gasteiger partial charge in [-0.05, 0) is 74.1 Å². The normalized spacial score (nSPS) is 27.6. The van der Waals surface area contributed by atoms with E-state index in [0.717, 1.165) is 37.1 Å². The van der Waals surface area contributed by atoms with Crippen molar-refractivity contribution < 1.29 is 23.1 Å². The third-order valence-corrected chi connectivity index (χ3v) is 6.80. The van der Waals surface area contributed by atoms with E-state index < -0.39 is 23.6 Å². The molecule has 2 N–H and O–H groups in total. The van der Waals surface area contributed by atoms with Crippen LogP contribution in [-0.4, -0.2) is 23.7 Å². The first-order valence-corrected chi connectivity index (χ1v) is 10.4. The molecule has 2 fully saturated rings. The maximum absolute atomic E-state index is 12.9. The van der Waals surface area contributed by atoms with Crippen molar-refractivity contribution >= 4 is 5.97 Å². The van der Waals surface area contributed by atoms with Crippen molar-refractivity contribution in [2.45, 2.75) is 70.0 Å². The van der Waals surface area contributed by atoms with E-state index in [9.17, 15) is 23.1 Å². The van der Waals surface area contributed by atoms with Gasteiger partial charge in [0.05, 0.1) is 11.5 Å². The molecule has 1 unspecified atom stereocenters. The van der Waals surface area contributed by atoms with E-state index in [-0.39, 0.29) is 17.9 Å². The summed E-state index contributed by atoms with van der Waals surface area (Å²) in [4.78, 5) is 11.4. The highest BCUT2D eigenvalue weighted by atomic mass is 19.4. The second-order valence-electron chi connectivity index (χ2n) is 8.59. The number of hydrogen-bond acceptors (Lipinski definition) is 2. The van der Waals surface area contributed by atoms with Crippen LogP contribution in [-0.2, 0) is 11.0 Å². The number of nitrogens with one attached hydrogen (secondary N) is 1. The zero-order valence-corrected chi connectivity index (χ0v) is 16.3. The van der Waals surface area contributed by atoms with E-state index in [0.29, 0.717) is 12.3 Å². The summed E-state index contributed by atoms with van der Waals surface area (Å²) < 4.78 is 38.7. The lowest BCUT2D eigenvalue weighted by atomic mass is 9.70. The van der Waals surface area contributed by atoms with E-state index in [2.05, 4.69) is 5.32 Å². The summed E-state index contributed by atoms with van der Waals surface area (Å²) in [6.45, 7) is 2.68. The van der Waals surface area contributed by atoms with Crippen LogP contribution in [0.3, 0.4) is 0 Å². The van der Waals surface area contributed by atoms with E-state index in [1.165, 1.54) is 25.7 Å². The van der Waals surface area contributed by atoms with Crippen molar-refractivity contribution in [3.63, 3.8) is 0 Å². The maximum atomic E-state index is 12.9. The fourth-order valence-corrected chi connectivity index (χ4v) is 4.92. The lowest BCUT2D eigenvalue weighted by Crippen LogP contribution is -2.42. The highest BCUT2D eigenvalue weighted by Crippen LogP contribution is 2.41. The van der Waals surface area contributed by atoms with Gasteiger partial charge in [0.25, 0.3) is 0 Å². The summed E-state index contributed by atoms with van der Waals surface area (Å²) in [5.41, 5.74) is 0.234. The molecule has 2 aliphatic carbocycles. The average Bonchev–Trinajstić information content (AvgIpc) is 3.18. The van der Waals surface area contributed by atoms with E-state index in [4.69, 9.17) is 0 Å². The summed E-state index contributed by atoms with van der Waals surface area (Å²) >= 11 is 0. The van der Waals surface area contributed by atoms with Crippen molar-refractivity contribution in [2.75, 3.05) is 6.54 Å². The fourth-order valence-electron chi connectivity index (χ4n) is 4.92. The molecule has 28 heavy (non-hydrogen) atoms. The van der Waals surface area contributed by atoms with Gasteiger partial charge in [0.15, 0.2) is 0 Å². The monoisotopic (exact) mass is 397 g/mol. The van der Waals surface area contributed by atoms with Crippen LogP contribution in [0.25, 0.3) is 0 Å². The van der Waals surface area contributed by atoms with Crippen LogP contribution in [0.1, 0.15) is 68.9 Å². The third kappa shape index (κ3) is 5.07. The summed E-state index contributed by atoms with van der Waals surface area (Å²) in [7, 11) is 0. The Kier molecular flexibility index (Phi) is 6.69. The Morgan fingerprint density at radius 1 is 1.14 bits per heavy atom. The molecule has 0 radical (unpaired) electrons. The first-order valence-electron chi connectivity index (χ1n) is 10.4. The molecular weight excluding hydrogens is 367 g/mol. The van der Waals surface area contributed by atoms with Crippen molar-refractivity contribution in [3.05, 3.63) is 35.4 Å². The second kappa shape index (κ2) is 8.85. The smallest absolute Gasteiger partial charge is 0.416 e. The highest BCUT2D eigenvalue weighted by Gasteiger charge is 2.37. The zero-order valence-electron chi connectivity index (χ0n) is 16.3. The van der Waals surface area contributed by atoms with Gasteiger partial charge in [0, 0.05) is 6.04 Å². The van der Waals surface area contributed by atoms with Gasteiger partial charge in [0.2, 0.25) is 0 Å². The summed E-state index contributed by atoms with van der Waals surface area (Å²) in [5, 5.41) is 13.1. The molecule has 2 saturated carbocycles. The Morgan fingerprint density at radius 2 is 1.79 bits per heavy atom. The standard InChI is InChI=1S/C22H30F3NO2/c1-14(21(27)28)17-8-11-20(26-13-15-4-2-3-5-15)19(12-17)16-6-9-18(10-7-16)22(23,24)25/h6-7,9-10,14-15,17,19-20,26H,2-5,8,11-13H2,1H3,(H,27,28)/t14?,17-,19+,20-/m1/s1. The van der Waals surface area contributed by atoms with Crippen LogP contribution in [0.2, 0.25) is 0 Å². The van der Waals surface area contributed by atoms with Gasteiger partial charge in [0.1, 0.15) is 0 Å². The highest BCUT2D eigenvalue weighted by molar-refractivity contribution is 5.69. The number of alkyl halides is 3. The quantitative estimate of drug-likeness (QED) is 0.670. The van der Waals surface area contributed by atoms with Crippen molar-refractivity contribution in [3.8, 4) is 0 Å². The third-order valence-electron chi connectivity index (χ3n) is 6.80. The lowest BCUT2D eigenvalue weighted by molar-refractivity contribution is -0.143. The van der Waals surface area contributed by atoms with Gasteiger partial charge >= 0.3 is 12.1 Å². The summed E-state index contributed by atoms with van der Waals surface area (Å²) in [6.07, 6.45) is 3.09. The van der Waals surface area contributed by atoms with Gasteiger partial charge < -0.3 is 10.4 Å². The molecule has 0 saturated heterocycles. The number of carboxylic acids is 1. The number of aliphatic carboxylic acids is 1. The molecule has 3 nitrogen and oxygen atoms in total. The molecule has 3 rings (SSSR count). The Hall–Kier alpha value is -1.56. The lowest BCUT2D eigenvalue weighted by Gasteiger charge is -2.39.